The van der Waals surface area contributed by atoms with Crippen LogP contribution in [0.15, 0.2) is 24.4 Å². The molecule has 1 N–H and O–H groups in total. The van der Waals surface area contributed by atoms with Gasteiger partial charge in [-0.05, 0) is 31.0 Å². The van der Waals surface area contributed by atoms with Gasteiger partial charge in [-0.15, -0.1) is 0 Å². The predicted molar refractivity (Wildman–Crippen MR) is 69.7 cm³/mol. The number of nitrogens with zero attached hydrogens (tertiary/aromatic N) is 1. The molecule has 0 unspecified atom stereocenters. The van der Waals surface area contributed by atoms with E-state index in [2.05, 4.69) is 5.32 Å². The quantitative estimate of drug-likeness (QED) is 0.661. The van der Waals surface area contributed by atoms with Gasteiger partial charge in [-0.3, -0.25) is 9.59 Å². The first-order valence-corrected chi connectivity index (χ1v) is 6.04. The third kappa shape index (κ3) is 1.70. The summed E-state index contributed by atoms with van der Waals surface area (Å²) in [6, 6.07) is 5.62. The number of hydrogen-bond donors (Lipinski definition) is 1. The highest BCUT2D eigenvalue weighted by Crippen LogP contribution is 2.35. The number of fused-ring (bicyclic) bond motifs is 1. The molecule has 0 atom stereocenters. The van der Waals surface area contributed by atoms with Crippen molar-refractivity contribution < 1.29 is 9.59 Å². The Labute approximate surface area is 105 Å². The van der Waals surface area contributed by atoms with E-state index in [1.165, 1.54) is 0 Å². The van der Waals surface area contributed by atoms with Gasteiger partial charge in [-0.25, -0.2) is 0 Å². The molecule has 2 aromatic rings. The fourth-order valence-corrected chi connectivity index (χ4v) is 2.31. The maximum atomic E-state index is 12.2. The molecule has 1 saturated carbocycles. The first-order chi connectivity index (χ1) is 8.70. The molecule has 0 bridgehead atoms. The van der Waals surface area contributed by atoms with Crippen molar-refractivity contribution in [3.63, 3.8) is 0 Å². The largest absolute Gasteiger partial charge is 0.350 e. The Morgan fingerprint density at radius 2 is 2.22 bits per heavy atom. The van der Waals surface area contributed by atoms with Crippen molar-refractivity contribution in [2.45, 2.75) is 12.8 Å². The standard InChI is InChI=1S/C14H14N2O2/c1-16-7-12(14(18)9-2-3-9)11-6-10(15-8-17)4-5-13(11)16/h4-9H,2-3H2,1H3,(H,15,17). The summed E-state index contributed by atoms with van der Waals surface area (Å²) in [4.78, 5) is 22.7. The van der Waals surface area contributed by atoms with Crippen LogP contribution in [0.1, 0.15) is 23.2 Å². The third-order valence-electron chi connectivity index (χ3n) is 3.43. The SMILES string of the molecule is Cn1cc(C(=O)C2CC2)c2cc(NC=O)ccc21. The van der Waals surface area contributed by atoms with Crippen molar-refractivity contribution in [3.8, 4) is 0 Å². The first kappa shape index (κ1) is 11.0. The number of carbonyl (C=O) groups excluding carboxylic acids is 2. The van der Waals surface area contributed by atoms with Crippen molar-refractivity contribution in [2.24, 2.45) is 13.0 Å². The summed E-state index contributed by atoms with van der Waals surface area (Å²) in [6.07, 6.45) is 4.53. The molecule has 1 amide bonds. The Bertz CT molecular complexity index is 639. The van der Waals surface area contributed by atoms with Crippen molar-refractivity contribution in [2.75, 3.05) is 5.32 Å². The zero-order valence-electron chi connectivity index (χ0n) is 10.1. The highest BCUT2D eigenvalue weighted by atomic mass is 16.1. The highest BCUT2D eigenvalue weighted by Gasteiger charge is 2.32. The van der Waals surface area contributed by atoms with Crippen LogP contribution in [0.25, 0.3) is 10.9 Å². The molecule has 4 heteroatoms. The van der Waals surface area contributed by atoms with Crippen LogP contribution in [-0.4, -0.2) is 16.8 Å². The van der Waals surface area contributed by atoms with Gasteiger partial charge in [0, 0.05) is 41.3 Å². The minimum Gasteiger partial charge on any atom is -0.350 e. The lowest BCUT2D eigenvalue weighted by molar-refractivity contribution is -0.105. The van der Waals surface area contributed by atoms with Crippen molar-refractivity contribution in [1.29, 1.82) is 0 Å². The van der Waals surface area contributed by atoms with E-state index in [-0.39, 0.29) is 11.7 Å². The molecule has 0 aliphatic heterocycles. The van der Waals surface area contributed by atoms with Gasteiger partial charge in [-0.2, -0.15) is 0 Å². The topological polar surface area (TPSA) is 51.1 Å². The lowest BCUT2D eigenvalue weighted by atomic mass is 10.1. The number of nitrogens with one attached hydrogen (secondary N) is 1. The number of rotatable bonds is 4. The molecule has 18 heavy (non-hydrogen) atoms. The number of Topliss-reactive ketones (excluding diaryl/α,β-unsaturated/α-hetero) is 1. The Balaban J connectivity index is 2.14. The summed E-state index contributed by atoms with van der Waals surface area (Å²) >= 11 is 0. The Hall–Kier alpha value is -2.10. The van der Waals surface area contributed by atoms with Crippen LogP contribution in [0.2, 0.25) is 0 Å². The number of ketones is 1. The molecule has 0 saturated heterocycles. The number of benzene rings is 1. The molecule has 0 radical (unpaired) electrons. The van der Waals surface area contributed by atoms with Crippen LogP contribution >= 0.6 is 0 Å². The molecule has 4 nitrogen and oxygen atoms in total. The molecule has 0 spiro atoms. The smallest absolute Gasteiger partial charge is 0.211 e. The third-order valence-corrected chi connectivity index (χ3v) is 3.43. The summed E-state index contributed by atoms with van der Waals surface area (Å²) in [7, 11) is 1.93. The highest BCUT2D eigenvalue weighted by molar-refractivity contribution is 6.10. The molecule has 92 valence electrons. The monoisotopic (exact) mass is 242 g/mol. The molecule has 1 fully saturated rings. The van der Waals surface area contributed by atoms with E-state index in [0.717, 1.165) is 29.3 Å². The van der Waals surface area contributed by atoms with Crippen LogP contribution in [0.5, 0.6) is 0 Å². The minimum atomic E-state index is 0.207. The molecular formula is C14H14N2O2. The van der Waals surface area contributed by atoms with Crippen LogP contribution < -0.4 is 5.32 Å². The summed E-state index contributed by atoms with van der Waals surface area (Å²) < 4.78 is 1.95. The van der Waals surface area contributed by atoms with Gasteiger partial charge in [-0.1, -0.05) is 0 Å². The second-order valence-corrected chi connectivity index (χ2v) is 4.79. The van der Waals surface area contributed by atoms with E-state index in [1.54, 1.807) is 0 Å². The number of hydrogen-bond acceptors (Lipinski definition) is 2. The van der Waals surface area contributed by atoms with Gasteiger partial charge in [0.25, 0.3) is 0 Å². The zero-order chi connectivity index (χ0) is 12.7. The zero-order valence-corrected chi connectivity index (χ0v) is 10.1. The maximum absolute atomic E-state index is 12.2. The molecule has 1 aromatic carbocycles. The molecule has 1 aliphatic rings. The van der Waals surface area contributed by atoms with E-state index in [9.17, 15) is 9.59 Å². The number of amides is 1. The minimum absolute atomic E-state index is 0.207. The van der Waals surface area contributed by atoms with Gasteiger partial charge in [0.1, 0.15) is 0 Å². The average Bonchev–Trinajstić information content (AvgIpc) is 3.15. The molecular weight excluding hydrogens is 228 g/mol. The number of aromatic nitrogens is 1. The van der Waals surface area contributed by atoms with E-state index < -0.39 is 0 Å². The van der Waals surface area contributed by atoms with Gasteiger partial charge in [0.2, 0.25) is 6.41 Å². The Kier molecular flexibility index (Phi) is 2.44. The summed E-state index contributed by atoms with van der Waals surface area (Å²) in [5.74, 6) is 0.433. The first-order valence-electron chi connectivity index (χ1n) is 6.04. The second-order valence-electron chi connectivity index (χ2n) is 4.79. The summed E-state index contributed by atoms with van der Waals surface area (Å²) in [5.41, 5.74) is 2.49. The van der Waals surface area contributed by atoms with Crippen LogP contribution in [0.3, 0.4) is 0 Å². The van der Waals surface area contributed by atoms with Crippen LogP contribution in [-0.2, 0) is 11.8 Å². The lowest BCUT2D eigenvalue weighted by Gasteiger charge is -2.01. The Morgan fingerprint density at radius 1 is 1.44 bits per heavy atom. The van der Waals surface area contributed by atoms with E-state index in [0.29, 0.717) is 12.1 Å². The fraction of sp³-hybridized carbons (Fsp3) is 0.286. The van der Waals surface area contributed by atoms with Crippen molar-refractivity contribution in [1.82, 2.24) is 4.57 Å². The fourth-order valence-electron chi connectivity index (χ4n) is 2.31. The maximum Gasteiger partial charge on any atom is 0.211 e. The van der Waals surface area contributed by atoms with Gasteiger partial charge in [0.05, 0.1) is 0 Å². The van der Waals surface area contributed by atoms with Gasteiger partial charge in [0.15, 0.2) is 5.78 Å². The molecule has 1 heterocycles. The summed E-state index contributed by atoms with van der Waals surface area (Å²) in [5, 5.41) is 3.54. The van der Waals surface area contributed by atoms with Crippen molar-refractivity contribution in [3.05, 3.63) is 30.0 Å². The van der Waals surface area contributed by atoms with Crippen LogP contribution in [0.4, 0.5) is 5.69 Å². The van der Waals surface area contributed by atoms with Gasteiger partial charge < -0.3 is 9.88 Å². The van der Waals surface area contributed by atoms with Crippen molar-refractivity contribution >= 4 is 28.8 Å². The van der Waals surface area contributed by atoms with E-state index >= 15 is 0 Å². The van der Waals surface area contributed by atoms with Crippen LogP contribution in [0, 0.1) is 5.92 Å². The normalized spacial score (nSPS) is 14.7. The number of carbonyl (C=O) groups is 2. The van der Waals surface area contributed by atoms with Gasteiger partial charge >= 0.3 is 0 Å². The molecule has 1 aliphatic carbocycles. The second kappa shape index (κ2) is 3.98. The molecule has 3 rings (SSSR count). The molecule has 1 aromatic heterocycles. The average molecular weight is 242 g/mol. The number of anilines is 1. The lowest BCUT2D eigenvalue weighted by Crippen LogP contribution is -2.00. The predicted octanol–water partition coefficient (Wildman–Crippen LogP) is 2.34. The number of aryl methyl sites for hydroxylation is 1. The summed E-state index contributed by atoms with van der Waals surface area (Å²) in [6.45, 7) is 0. The van der Waals surface area contributed by atoms with E-state index in [4.69, 9.17) is 0 Å². The Morgan fingerprint density at radius 3 is 2.89 bits per heavy atom. The van der Waals surface area contributed by atoms with E-state index in [1.807, 2.05) is 36.0 Å².